The summed E-state index contributed by atoms with van der Waals surface area (Å²) in [5.74, 6) is 0.766. The summed E-state index contributed by atoms with van der Waals surface area (Å²) in [6.07, 6.45) is 7.46. The third-order valence-corrected chi connectivity index (χ3v) is 2.90. The van der Waals surface area contributed by atoms with E-state index in [2.05, 4.69) is 15.5 Å². The summed E-state index contributed by atoms with van der Waals surface area (Å²) >= 11 is 0. The van der Waals surface area contributed by atoms with Gasteiger partial charge in [-0.05, 0) is 31.4 Å². The smallest absolute Gasteiger partial charge is 0.0525 e. The summed E-state index contributed by atoms with van der Waals surface area (Å²) in [7, 11) is 1.97. The molecule has 1 aromatic rings. The van der Waals surface area contributed by atoms with Crippen molar-refractivity contribution in [3.63, 3.8) is 0 Å². The molecule has 0 saturated heterocycles. The van der Waals surface area contributed by atoms with Crippen LogP contribution in [0.2, 0.25) is 0 Å². The van der Waals surface area contributed by atoms with Crippen LogP contribution >= 0.6 is 0 Å². The number of hydrogen-bond acceptors (Lipinski definition) is 2. The molecule has 1 fully saturated rings. The second-order valence-corrected chi connectivity index (χ2v) is 3.82. The van der Waals surface area contributed by atoms with E-state index < -0.39 is 0 Å². The van der Waals surface area contributed by atoms with Gasteiger partial charge in [0, 0.05) is 6.54 Å². The predicted molar refractivity (Wildman–Crippen MR) is 52.6 cm³/mol. The zero-order valence-corrected chi connectivity index (χ0v) is 8.14. The molecule has 0 aromatic carbocycles. The van der Waals surface area contributed by atoms with E-state index in [1.807, 2.05) is 13.2 Å². The molecule has 72 valence electrons. The molecule has 3 heteroatoms. The molecular weight excluding hydrogens is 162 g/mol. The molecule has 2 N–H and O–H groups in total. The van der Waals surface area contributed by atoms with Crippen molar-refractivity contribution in [3.8, 4) is 0 Å². The van der Waals surface area contributed by atoms with E-state index in [9.17, 15) is 0 Å². The minimum Gasteiger partial charge on any atom is -0.314 e. The first kappa shape index (κ1) is 8.75. The molecule has 2 rings (SSSR count). The van der Waals surface area contributed by atoms with Crippen LogP contribution in [-0.2, 0) is 6.54 Å². The molecule has 0 amide bonds. The quantitative estimate of drug-likeness (QED) is 0.742. The number of hydrogen-bond donors (Lipinski definition) is 2. The fourth-order valence-corrected chi connectivity index (χ4v) is 2.23. The zero-order valence-electron chi connectivity index (χ0n) is 8.14. The minimum atomic E-state index is 0.766. The molecule has 0 aliphatic heterocycles. The van der Waals surface area contributed by atoms with Gasteiger partial charge in [0.25, 0.3) is 0 Å². The van der Waals surface area contributed by atoms with Crippen molar-refractivity contribution in [3.05, 3.63) is 17.5 Å². The van der Waals surface area contributed by atoms with Gasteiger partial charge in [-0.25, -0.2) is 0 Å². The Bertz CT molecular complexity index is 261. The van der Waals surface area contributed by atoms with Gasteiger partial charge in [-0.3, -0.25) is 5.10 Å². The van der Waals surface area contributed by atoms with Gasteiger partial charge >= 0.3 is 0 Å². The van der Waals surface area contributed by atoms with Crippen LogP contribution in [0.1, 0.15) is 42.9 Å². The van der Waals surface area contributed by atoms with Crippen LogP contribution in [0.5, 0.6) is 0 Å². The summed E-state index contributed by atoms with van der Waals surface area (Å²) in [6, 6.07) is 0. The molecule has 0 radical (unpaired) electrons. The first-order valence-electron chi connectivity index (χ1n) is 5.08. The van der Waals surface area contributed by atoms with E-state index in [1.165, 1.54) is 36.9 Å². The number of rotatable bonds is 3. The van der Waals surface area contributed by atoms with Gasteiger partial charge in [-0.15, -0.1) is 0 Å². The van der Waals surface area contributed by atoms with Crippen molar-refractivity contribution >= 4 is 0 Å². The topological polar surface area (TPSA) is 40.7 Å². The van der Waals surface area contributed by atoms with Crippen molar-refractivity contribution in [1.29, 1.82) is 0 Å². The highest BCUT2D eigenvalue weighted by Crippen LogP contribution is 2.34. The van der Waals surface area contributed by atoms with Gasteiger partial charge in [0.2, 0.25) is 0 Å². The largest absolute Gasteiger partial charge is 0.314 e. The first-order valence-corrected chi connectivity index (χ1v) is 5.08. The average molecular weight is 179 g/mol. The van der Waals surface area contributed by atoms with Gasteiger partial charge in [-0.2, -0.15) is 5.10 Å². The van der Waals surface area contributed by atoms with E-state index in [1.54, 1.807) is 0 Å². The average Bonchev–Trinajstić information content (AvgIpc) is 2.71. The fourth-order valence-electron chi connectivity index (χ4n) is 2.23. The SMILES string of the molecule is CNCc1[nH]ncc1C1CCCC1. The van der Waals surface area contributed by atoms with Crippen LogP contribution in [0.3, 0.4) is 0 Å². The van der Waals surface area contributed by atoms with Gasteiger partial charge in [0.05, 0.1) is 11.9 Å². The summed E-state index contributed by atoms with van der Waals surface area (Å²) in [4.78, 5) is 0. The molecule has 1 aliphatic carbocycles. The molecule has 13 heavy (non-hydrogen) atoms. The Morgan fingerprint density at radius 2 is 2.31 bits per heavy atom. The van der Waals surface area contributed by atoms with E-state index in [4.69, 9.17) is 0 Å². The van der Waals surface area contributed by atoms with Gasteiger partial charge in [0.1, 0.15) is 0 Å². The van der Waals surface area contributed by atoms with Crippen LogP contribution < -0.4 is 5.32 Å². The highest BCUT2D eigenvalue weighted by atomic mass is 15.1. The second-order valence-electron chi connectivity index (χ2n) is 3.82. The molecule has 1 aromatic heterocycles. The Hall–Kier alpha value is -0.830. The van der Waals surface area contributed by atoms with E-state index >= 15 is 0 Å². The molecule has 0 bridgehead atoms. The van der Waals surface area contributed by atoms with E-state index in [0.717, 1.165) is 12.5 Å². The summed E-state index contributed by atoms with van der Waals surface area (Å²) in [5.41, 5.74) is 2.71. The lowest BCUT2D eigenvalue weighted by molar-refractivity contribution is 0.695. The Morgan fingerprint density at radius 1 is 1.54 bits per heavy atom. The highest BCUT2D eigenvalue weighted by molar-refractivity contribution is 5.22. The molecule has 0 unspecified atom stereocenters. The third kappa shape index (κ3) is 1.75. The third-order valence-electron chi connectivity index (χ3n) is 2.90. The zero-order chi connectivity index (χ0) is 9.10. The molecule has 0 atom stereocenters. The van der Waals surface area contributed by atoms with Crippen molar-refractivity contribution in [2.24, 2.45) is 0 Å². The number of nitrogens with one attached hydrogen (secondary N) is 2. The molecule has 0 spiro atoms. The van der Waals surface area contributed by atoms with Crippen LogP contribution in [0.25, 0.3) is 0 Å². The number of H-pyrrole nitrogens is 1. The lowest BCUT2D eigenvalue weighted by atomic mass is 9.98. The van der Waals surface area contributed by atoms with Crippen LogP contribution in [-0.4, -0.2) is 17.2 Å². The van der Waals surface area contributed by atoms with Crippen molar-refractivity contribution < 1.29 is 0 Å². The van der Waals surface area contributed by atoms with Crippen LogP contribution in [0.15, 0.2) is 6.20 Å². The summed E-state index contributed by atoms with van der Waals surface area (Å²) in [5, 5.41) is 10.4. The molecular formula is C10H17N3. The molecule has 1 aliphatic rings. The van der Waals surface area contributed by atoms with E-state index in [-0.39, 0.29) is 0 Å². The maximum atomic E-state index is 4.12. The Labute approximate surface area is 78.9 Å². The minimum absolute atomic E-state index is 0.766. The second kappa shape index (κ2) is 3.92. The highest BCUT2D eigenvalue weighted by Gasteiger charge is 2.20. The molecule has 1 saturated carbocycles. The van der Waals surface area contributed by atoms with Gasteiger partial charge in [0.15, 0.2) is 0 Å². The fraction of sp³-hybridized carbons (Fsp3) is 0.700. The lowest BCUT2D eigenvalue weighted by Crippen LogP contribution is -2.08. The Balaban J connectivity index is 2.13. The van der Waals surface area contributed by atoms with Gasteiger partial charge in [-0.1, -0.05) is 12.8 Å². The van der Waals surface area contributed by atoms with Crippen molar-refractivity contribution in [1.82, 2.24) is 15.5 Å². The predicted octanol–water partition coefficient (Wildman–Crippen LogP) is 1.79. The standard InChI is InChI=1S/C10H17N3/c1-11-7-10-9(6-12-13-10)8-4-2-3-5-8/h6,8,11H,2-5,7H2,1H3,(H,12,13). The van der Waals surface area contributed by atoms with Gasteiger partial charge < -0.3 is 5.32 Å². The van der Waals surface area contributed by atoms with E-state index in [0.29, 0.717) is 0 Å². The Kier molecular flexibility index (Phi) is 2.64. The number of aromatic amines is 1. The summed E-state index contributed by atoms with van der Waals surface area (Å²) < 4.78 is 0. The number of nitrogens with zero attached hydrogens (tertiary/aromatic N) is 1. The maximum Gasteiger partial charge on any atom is 0.0525 e. The molecule has 1 heterocycles. The summed E-state index contributed by atoms with van der Waals surface area (Å²) in [6.45, 7) is 0.909. The van der Waals surface area contributed by atoms with Crippen molar-refractivity contribution in [2.45, 2.75) is 38.1 Å². The first-order chi connectivity index (χ1) is 6.42. The monoisotopic (exact) mass is 179 g/mol. The molecule has 3 nitrogen and oxygen atoms in total. The normalized spacial score (nSPS) is 18.2. The lowest BCUT2D eigenvalue weighted by Gasteiger charge is -2.08. The van der Waals surface area contributed by atoms with Crippen LogP contribution in [0, 0.1) is 0 Å². The van der Waals surface area contributed by atoms with Crippen molar-refractivity contribution in [2.75, 3.05) is 7.05 Å². The Morgan fingerprint density at radius 3 is 3.00 bits per heavy atom. The van der Waals surface area contributed by atoms with Crippen LogP contribution in [0.4, 0.5) is 0 Å². The number of aromatic nitrogens is 2. The maximum absolute atomic E-state index is 4.12.